The second-order valence-electron chi connectivity index (χ2n) is 6.41. The monoisotopic (exact) mass is 347 g/mol. The fraction of sp³-hybridized carbons (Fsp3) is 0.650. The SMILES string of the molecule is CCNC(=NCCCCCOC)N1CCC(Oc2ccccc2)CC1. The van der Waals surface area contributed by atoms with Crippen molar-refractivity contribution >= 4 is 5.96 Å². The molecule has 1 heterocycles. The molecule has 0 amide bonds. The average Bonchev–Trinajstić information content (AvgIpc) is 2.65. The standard InChI is InChI=1S/C20H33N3O2/c1-3-21-20(22-14-8-5-9-17-24-2)23-15-12-19(13-16-23)25-18-10-6-4-7-11-18/h4,6-7,10-11,19H,3,5,8-9,12-17H2,1-2H3,(H,21,22). The maximum Gasteiger partial charge on any atom is 0.193 e. The lowest BCUT2D eigenvalue weighted by molar-refractivity contribution is 0.129. The molecule has 0 radical (unpaired) electrons. The largest absolute Gasteiger partial charge is 0.490 e. The molecule has 5 nitrogen and oxygen atoms in total. The van der Waals surface area contributed by atoms with Crippen LogP contribution in [-0.2, 0) is 4.74 Å². The third-order valence-corrected chi connectivity index (χ3v) is 4.39. The number of ether oxygens (including phenoxy) is 2. The van der Waals surface area contributed by atoms with E-state index in [1.54, 1.807) is 7.11 Å². The van der Waals surface area contributed by atoms with Gasteiger partial charge in [-0.3, -0.25) is 4.99 Å². The molecular weight excluding hydrogens is 314 g/mol. The lowest BCUT2D eigenvalue weighted by atomic mass is 10.1. The van der Waals surface area contributed by atoms with Gasteiger partial charge in [0.1, 0.15) is 11.9 Å². The Kier molecular flexibility index (Phi) is 9.19. The van der Waals surface area contributed by atoms with E-state index in [9.17, 15) is 0 Å². The molecule has 0 aromatic heterocycles. The van der Waals surface area contributed by atoms with Gasteiger partial charge in [0.15, 0.2) is 5.96 Å². The highest BCUT2D eigenvalue weighted by atomic mass is 16.5. The van der Waals surface area contributed by atoms with Crippen molar-refractivity contribution in [2.75, 3.05) is 39.9 Å². The first-order valence-corrected chi connectivity index (χ1v) is 9.57. The van der Waals surface area contributed by atoms with Crippen molar-refractivity contribution in [3.63, 3.8) is 0 Å². The molecule has 1 fully saturated rings. The smallest absolute Gasteiger partial charge is 0.193 e. The number of unbranched alkanes of at least 4 members (excludes halogenated alkanes) is 2. The van der Waals surface area contributed by atoms with Crippen LogP contribution in [0.3, 0.4) is 0 Å². The maximum atomic E-state index is 6.08. The minimum Gasteiger partial charge on any atom is -0.490 e. The number of guanidine groups is 1. The summed E-state index contributed by atoms with van der Waals surface area (Å²) in [4.78, 5) is 7.16. The zero-order valence-corrected chi connectivity index (χ0v) is 15.7. The molecule has 0 bridgehead atoms. The van der Waals surface area contributed by atoms with Crippen LogP contribution in [0.2, 0.25) is 0 Å². The molecular formula is C20H33N3O2. The Labute approximate surface area is 152 Å². The summed E-state index contributed by atoms with van der Waals surface area (Å²) in [7, 11) is 1.76. The highest BCUT2D eigenvalue weighted by Gasteiger charge is 2.22. The fourth-order valence-corrected chi connectivity index (χ4v) is 3.02. The summed E-state index contributed by atoms with van der Waals surface area (Å²) in [5, 5.41) is 3.43. The van der Waals surface area contributed by atoms with Gasteiger partial charge in [-0.15, -0.1) is 0 Å². The molecule has 5 heteroatoms. The van der Waals surface area contributed by atoms with Crippen LogP contribution in [0.25, 0.3) is 0 Å². The molecule has 0 saturated carbocycles. The van der Waals surface area contributed by atoms with Crippen molar-refractivity contribution < 1.29 is 9.47 Å². The van der Waals surface area contributed by atoms with Gasteiger partial charge in [-0.25, -0.2) is 0 Å². The van der Waals surface area contributed by atoms with Crippen molar-refractivity contribution in [3.8, 4) is 5.75 Å². The molecule has 0 atom stereocenters. The molecule has 1 saturated heterocycles. The first-order valence-electron chi connectivity index (χ1n) is 9.57. The van der Waals surface area contributed by atoms with E-state index >= 15 is 0 Å². The molecule has 1 N–H and O–H groups in total. The van der Waals surface area contributed by atoms with Crippen molar-refractivity contribution in [2.24, 2.45) is 4.99 Å². The van der Waals surface area contributed by atoms with Crippen LogP contribution in [0.1, 0.15) is 39.0 Å². The summed E-state index contributed by atoms with van der Waals surface area (Å²) < 4.78 is 11.2. The van der Waals surface area contributed by atoms with Crippen LogP contribution in [0.15, 0.2) is 35.3 Å². The molecule has 0 unspecified atom stereocenters. The fourth-order valence-electron chi connectivity index (χ4n) is 3.02. The number of rotatable bonds is 9. The van der Waals surface area contributed by atoms with Gasteiger partial charge in [0.05, 0.1) is 0 Å². The Morgan fingerprint density at radius 2 is 1.92 bits per heavy atom. The number of hydrogen-bond acceptors (Lipinski definition) is 3. The molecule has 140 valence electrons. The molecule has 0 aliphatic carbocycles. The minimum atomic E-state index is 0.301. The summed E-state index contributed by atoms with van der Waals surface area (Å²) in [5.41, 5.74) is 0. The lowest BCUT2D eigenvalue weighted by Crippen LogP contribution is -2.47. The van der Waals surface area contributed by atoms with Gasteiger partial charge < -0.3 is 19.7 Å². The Balaban J connectivity index is 1.75. The van der Waals surface area contributed by atoms with Gasteiger partial charge in [-0.2, -0.15) is 0 Å². The normalized spacial score (nSPS) is 16.1. The number of hydrogen-bond donors (Lipinski definition) is 1. The van der Waals surface area contributed by atoms with E-state index in [1.165, 1.54) is 6.42 Å². The average molecular weight is 348 g/mol. The van der Waals surface area contributed by atoms with Crippen molar-refractivity contribution in [2.45, 2.75) is 45.1 Å². The summed E-state index contributed by atoms with van der Waals surface area (Å²) in [6.45, 7) is 6.74. The maximum absolute atomic E-state index is 6.08. The van der Waals surface area contributed by atoms with Crippen LogP contribution in [0.5, 0.6) is 5.75 Å². The quantitative estimate of drug-likeness (QED) is 0.423. The van der Waals surface area contributed by atoms with Gasteiger partial charge >= 0.3 is 0 Å². The molecule has 2 rings (SSSR count). The number of nitrogens with zero attached hydrogens (tertiary/aromatic N) is 2. The number of nitrogens with one attached hydrogen (secondary N) is 1. The van der Waals surface area contributed by atoms with Gasteiger partial charge in [0.2, 0.25) is 0 Å². The molecule has 0 spiro atoms. The van der Waals surface area contributed by atoms with Crippen molar-refractivity contribution in [3.05, 3.63) is 30.3 Å². The van der Waals surface area contributed by atoms with E-state index in [2.05, 4.69) is 17.1 Å². The summed E-state index contributed by atoms with van der Waals surface area (Å²) >= 11 is 0. The number of piperidine rings is 1. The van der Waals surface area contributed by atoms with Crippen molar-refractivity contribution in [1.29, 1.82) is 0 Å². The second kappa shape index (κ2) is 11.7. The van der Waals surface area contributed by atoms with Crippen LogP contribution in [0, 0.1) is 0 Å². The van der Waals surface area contributed by atoms with Gasteiger partial charge in [0.25, 0.3) is 0 Å². The number of likely N-dealkylation sites (tertiary alicyclic amines) is 1. The number of aliphatic imine (C=N–C) groups is 1. The van der Waals surface area contributed by atoms with Crippen LogP contribution < -0.4 is 10.1 Å². The molecule has 1 aromatic rings. The van der Waals surface area contributed by atoms with Gasteiger partial charge in [-0.05, 0) is 38.3 Å². The zero-order valence-electron chi connectivity index (χ0n) is 15.7. The van der Waals surface area contributed by atoms with E-state index in [1.807, 2.05) is 30.3 Å². The molecule has 1 aromatic carbocycles. The molecule has 1 aliphatic rings. The van der Waals surface area contributed by atoms with Crippen LogP contribution in [0.4, 0.5) is 0 Å². The Hall–Kier alpha value is -1.75. The topological polar surface area (TPSA) is 46.1 Å². The third-order valence-electron chi connectivity index (χ3n) is 4.39. The van der Waals surface area contributed by atoms with Crippen molar-refractivity contribution in [1.82, 2.24) is 10.2 Å². The predicted molar refractivity (Wildman–Crippen MR) is 103 cm³/mol. The number of para-hydroxylation sites is 1. The second-order valence-corrected chi connectivity index (χ2v) is 6.41. The van der Waals surface area contributed by atoms with Crippen LogP contribution >= 0.6 is 0 Å². The summed E-state index contributed by atoms with van der Waals surface area (Å²) in [6.07, 6.45) is 5.77. The molecule has 25 heavy (non-hydrogen) atoms. The summed E-state index contributed by atoms with van der Waals surface area (Å²) in [6, 6.07) is 10.1. The highest BCUT2D eigenvalue weighted by molar-refractivity contribution is 5.80. The predicted octanol–water partition coefficient (Wildman–Crippen LogP) is 3.31. The zero-order chi connectivity index (χ0) is 17.7. The minimum absolute atomic E-state index is 0.301. The van der Waals surface area contributed by atoms with E-state index in [0.717, 1.165) is 70.2 Å². The highest BCUT2D eigenvalue weighted by Crippen LogP contribution is 2.18. The lowest BCUT2D eigenvalue weighted by Gasteiger charge is -2.34. The van der Waals surface area contributed by atoms with E-state index in [4.69, 9.17) is 14.5 Å². The third kappa shape index (κ3) is 7.34. The Morgan fingerprint density at radius 1 is 1.16 bits per heavy atom. The first-order chi connectivity index (χ1) is 12.3. The van der Waals surface area contributed by atoms with Gasteiger partial charge in [-0.1, -0.05) is 18.2 Å². The van der Waals surface area contributed by atoms with E-state index in [-0.39, 0.29) is 0 Å². The Morgan fingerprint density at radius 3 is 2.60 bits per heavy atom. The van der Waals surface area contributed by atoms with Gasteiger partial charge in [0, 0.05) is 52.7 Å². The Bertz CT molecular complexity index is 485. The summed E-state index contributed by atoms with van der Waals surface area (Å²) in [5.74, 6) is 2.02. The van der Waals surface area contributed by atoms with Crippen LogP contribution in [-0.4, -0.2) is 56.9 Å². The number of benzene rings is 1. The first kappa shape index (κ1) is 19.6. The van der Waals surface area contributed by atoms with E-state index < -0.39 is 0 Å². The van der Waals surface area contributed by atoms with E-state index in [0.29, 0.717) is 6.10 Å². The number of methoxy groups -OCH3 is 1. The molecule has 1 aliphatic heterocycles.